The van der Waals surface area contributed by atoms with Crippen molar-refractivity contribution in [3.63, 3.8) is 0 Å². The molecule has 11 nitrogen and oxygen atoms in total. The van der Waals surface area contributed by atoms with E-state index in [1.807, 2.05) is 19.1 Å². The molecule has 2 aromatic heterocycles. The fourth-order valence-electron chi connectivity index (χ4n) is 4.14. The average molecular weight is 519 g/mol. The topological polar surface area (TPSA) is 148 Å². The van der Waals surface area contributed by atoms with E-state index in [0.717, 1.165) is 15.7 Å². The number of halogens is 1. The highest BCUT2D eigenvalue weighted by Crippen LogP contribution is 2.35. The van der Waals surface area contributed by atoms with Gasteiger partial charge >= 0.3 is 11.8 Å². The SMILES string of the molecule is Cc1cccc(OCCNC(=O)OC(C)(C)C)c1-c1cc2cn(C3OC(CO)C(O)C3F)c(=O)nc2[nH]1. The third-order valence-corrected chi connectivity index (χ3v) is 5.81. The van der Waals surface area contributed by atoms with Crippen LogP contribution in [-0.4, -0.2) is 74.6 Å². The number of aryl methyl sites for hydroxylation is 1. The first-order valence-corrected chi connectivity index (χ1v) is 11.9. The lowest BCUT2D eigenvalue weighted by Gasteiger charge is -2.20. The molecular formula is C25H31FN4O7. The molecule has 1 fully saturated rings. The Labute approximate surface area is 212 Å². The van der Waals surface area contributed by atoms with Gasteiger partial charge in [-0.1, -0.05) is 12.1 Å². The number of benzene rings is 1. The fourth-order valence-corrected chi connectivity index (χ4v) is 4.14. The summed E-state index contributed by atoms with van der Waals surface area (Å²) < 4.78 is 32.1. The number of nitrogens with one attached hydrogen (secondary N) is 2. The van der Waals surface area contributed by atoms with Gasteiger partial charge in [-0.15, -0.1) is 0 Å². The molecule has 37 heavy (non-hydrogen) atoms. The van der Waals surface area contributed by atoms with Gasteiger partial charge in [0.05, 0.1) is 18.8 Å². The lowest BCUT2D eigenvalue weighted by molar-refractivity contribution is -0.0489. The Bertz CT molecular complexity index is 1330. The molecule has 12 heteroatoms. The summed E-state index contributed by atoms with van der Waals surface area (Å²) >= 11 is 0. The van der Waals surface area contributed by atoms with Gasteiger partial charge < -0.3 is 34.7 Å². The van der Waals surface area contributed by atoms with Crippen LogP contribution in [0.4, 0.5) is 9.18 Å². The summed E-state index contributed by atoms with van der Waals surface area (Å²) in [5, 5.41) is 22.4. The van der Waals surface area contributed by atoms with Gasteiger partial charge in [-0.25, -0.2) is 14.0 Å². The third-order valence-electron chi connectivity index (χ3n) is 5.81. The van der Waals surface area contributed by atoms with Crippen molar-refractivity contribution in [2.45, 2.75) is 57.9 Å². The smallest absolute Gasteiger partial charge is 0.407 e. The molecule has 3 aromatic rings. The molecule has 4 rings (SSSR count). The van der Waals surface area contributed by atoms with Crippen LogP contribution in [0.3, 0.4) is 0 Å². The number of aliphatic hydroxyl groups excluding tert-OH is 2. The number of aromatic nitrogens is 3. The van der Waals surface area contributed by atoms with Crippen molar-refractivity contribution < 1.29 is 33.6 Å². The quantitative estimate of drug-likeness (QED) is 0.348. The lowest BCUT2D eigenvalue weighted by atomic mass is 10.0. The van der Waals surface area contributed by atoms with Crippen molar-refractivity contribution in [2.75, 3.05) is 19.8 Å². The van der Waals surface area contributed by atoms with E-state index >= 15 is 0 Å². The second-order valence-electron chi connectivity index (χ2n) is 9.83. The van der Waals surface area contributed by atoms with E-state index in [1.54, 1.807) is 32.9 Å². The molecule has 3 heterocycles. The van der Waals surface area contributed by atoms with Crippen LogP contribution in [0.1, 0.15) is 32.6 Å². The number of amides is 1. The van der Waals surface area contributed by atoms with E-state index in [1.165, 1.54) is 6.20 Å². The molecule has 4 unspecified atom stereocenters. The number of nitrogens with zero attached hydrogens (tertiary/aromatic N) is 2. The molecule has 0 bridgehead atoms. The third kappa shape index (κ3) is 5.76. The molecule has 1 aromatic carbocycles. The van der Waals surface area contributed by atoms with Crippen LogP contribution >= 0.6 is 0 Å². The zero-order valence-corrected chi connectivity index (χ0v) is 21.0. The summed E-state index contributed by atoms with van der Waals surface area (Å²) in [6, 6.07) is 7.26. The average Bonchev–Trinajstić information content (AvgIpc) is 3.34. The molecular weight excluding hydrogens is 487 g/mol. The molecule has 0 aliphatic carbocycles. The van der Waals surface area contributed by atoms with Gasteiger partial charge in [-0.3, -0.25) is 4.57 Å². The van der Waals surface area contributed by atoms with Crippen LogP contribution < -0.4 is 15.7 Å². The maximum atomic E-state index is 14.6. The van der Waals surface area contributed by atoms with E-state index < -0.39 is 48.6 Å². The molecule has 1 amide bonds. The highest BCUT2D eigenvalue weighted by molar-refractivity contribution is 5.85. The fraction of sp³-hybridized carbons (Fsp3) is 0.480. The van der Waals surface area contributed by atoms with Crippen molar-refractivity contribution in [3.05, 3.63) is 46.5 Å². The number of ether oxygens (including phenoxy) is 3. The number of fused-ring (bicyclic) bond motifs is 1. The molecule has 0 spiro atoms. The Morgan fingerprint density at radius 2 is 2.11 bits per heavy atom. The normalized spacial score (nSPS) is 21.8. The predicted octanol–water partition coefficient (Wildman–Crippen LogP) is 2.19. The molecule has 4 N–H and O–H groups in total. The summed E-state index contributed by atoms with van der Waals surface area (Å²) in [5.74, 6) is 0.546. The molecule has 0 saturated carbocycles. The van der Waals surface area contributed by atoms with Crippen LogP contribution in [0, 0.1) is 6.92 Å². The van der Waals surface area contributed by atoms with Gasteiger partial charge in [-0.2, -0.15) is 4.98 Å². The van der Waals surface area contributed by atoms with E-state index in [0.29, 0.717) is 16.8 Å². The first-order chi connectivity index (χ1) is 17.5. The molecule has 0 radical (unpaired) electrons. The largest absolute Gasteiger partial charge is 0.491 e. The summed E-state index contributed by atoms with van der Waals surface area (Å²) in [5.41, 5.74) is 1.14. The van der Waals surface area contributed by atoms with Crippen molar-refractivity contribution in [1.82, 2.24) is 19.9 Å². The second kappa shape index (κ2) is 10.5. The Morgan fingerprint density at radius 3 is 2.78 bits per heavy atom. The van der Waals surface area contributed by atoms with Gasteiger partial charge in [0.15, 0.2) is 12.4 Å². The number of hydrogen-bond acceptors (Lipinski definition) is 8. The monoisotopic (exact) mass is 518 g/mol. The van der Waals surface area contributed by atoms with Gasteiger partial charge in [0.25, 0.3) is 0 Å². The first kappa shape index (κ1) is 26.6. The van der Waals surface area contributed by atoms with Crippen LogP contribution in [0.25, 0.3) is 22.3 Å². The van der Waals surface area contributed by atoms with Crippen LogP contribution in [-0.2, 0) is 9.47 Å². The summed E-state index contributed by atoms with van der Waals surface area (Å²) in [4.78, 5) is 31.6. The van der Waals surface area contributed by atoms with E-state index in [-0.39, 0.29) is 18.8 Å². The van der Waals surface area contributed by atoms with Gasteiger partial charge in [0.2, 0.25) is 0 Å². The number of H-pyrrole nitrogens is 1. The minimum atomic E-state index is -1.90. The Hall–Kier alpha value is -3.48. The maximum Gasteiger partial charge on any atom is 0.407 e. The van der Waals surface area contributed by atoms with Crippen molar-refractivity contribution in [3.8, 4) is 17.0 Å². The molecule has 1 aliphatic rings. The number of alkyl halides is 1. The molecule has 1 saturated heterocycles. The first-order valence-electron chi connectivity index (χ1n) is 11.9. The zero-order valence-electron chi connectivity index (χ0n) is 21.0. The molecule has 1 aliphatic heterocycles. The van der Waals surface area contributed by atoms with Crippen LogP contribution in [0.2, 0.25) is 0 Å². The van der Waals surface area contributed by atoms with Gasteiger partial charge in [-0.05, 0) is 45.4 Å². The summed E-state index contributed by atoms with van der Waals surface area (Å²) in [7, 11) is 0. The van der Waals surface area contributed by atoms with Crippen molar-refractivity contribution in [2.24, 2.45) is 0 Å². The summed E-state index contributed by atoms with van der Waals surface area (Å²) in [6.45, 7) is 7.06. The Kier molecular flexibility index (Phi) is 7.53. The highest BCUT2D eigenvalue weighted by atomic mass is 19.1. The molecule has 4 atom stereocenters. The predicted molar refractivity (Wildman–Crippen MR) is 132 cm³/mol. The number of aromatic amines is 1. The van der Waals surface area contributed by atoms with E-state index in [4.69, 9.17) is 14.2 Å². The van der Waals surface area contributed by atoms with Gasteiger partial charge in [0.1, 0.15) is 35.8 Å². The minimum Gasteiger partial charge on any atom is -0.491 e. The summed E-state index contributed by atoms with van der Waals surface area (Å²) in [6.07, 6.45) is -5.15. The zero-order chi connectivity index (χ0) is 26.9. The standard InChI is InChI=1S/C25H31FN4O7/c1-13-6-5-7-16(35-9-8-27-24(34)37-25(2,3)4)18(13)15-10-14-11-30(23(33)29-21(14)28-15)22-19(26)20(32)17(12-31)36-22/h5-7,10-11,17,19-20,22,31-32H,8-9,12H2,1-4H3,(H,27,34)(H,28,29,33). The lowest BCUT2D eigenvalue weighted by Crippen LogP contribution is -2.34. The maximum absolute atomic E-state index is 14.6. The van der Waals surface area contributed by atoms with Crippen LogP contribution in [0.5, 0.6) is 5.75 Å². The number of alkyl carbamates (subject to hydrolysis) is 1. The molecule has 200 valence electrons. The Balaban J connectivity index is 1.56. The number of rotatable bonds is 7. The van der Waals surface area contributed by atoms with E-state index in [9.17, 15) is 24.2 Å². The number of carbonyl (C=O) groups excluding carboxylic acids is 1. The van der Waals surface area contributed by atoms with Crippen molar-refractivity contribution in [1.29, 1.82) is 0 Å². The second-order valence-corrected chi connectivity index (χ2v) is 9.83. The Morgan fingerprint density at radius 1 is 1.35 bits per heavy atom. The number of carbonyl (C=O) groups is 1. The highest BCUT2D eigenvalue weighted by Gasteiger charge is 2.45. The minimum absolute atomic E-state index is 0.185. The van der Waals surface area contributed by atoms with Crippen molar-refractivity contribution >= 4 is 17.1 Å². The van der Waals surface area contributed by atoms with Crippen LogP contribution in [0.15, 0.2) is 35.3 Å². The van der Waals surface area contributed by atoms with Gasteiger partial charge in [0, 0.05) is 17.1 Å². The van der Waals surface area contributed by atoms with E-state index in [2.05, 4.69) is 15.3 Å². The number of aliphatic hydroxyl groups is 2. The number of hydrogen-bond donors (Lipinski definition) is 4.